The molecule has 0 radical (unpaired) electrons. The van der Waals surface area contributed by atoms with Crippen LogP contribution in [0.2, 0.25) is 0 Å². The normalized spacial score (nSPS) is 10.7. The van der Waals surface area contributed by atoms with Crippen molar-refractivity contribution in [3.63, 3.8) is 0 Å². The average Bonchev–Trinajstić information content (AvgIpc) is 3.23. The Morgan fingerprint density at radius 1 is 1.03 bits per heavy atom. The molecular weight excluding hydrogens is 416 g/mol. The number of non-ortho nitro benzene ring substituents is 1. The van der Waals surface area contributed by atoms with Gasteiger partial charge < -0.3 is 15.1 Å². The van der Waals surface area contributed by atoms with Gasteiger partial charge in [-0.25, -0.2) is 0 Å². The third-order valence-corrected chi connectivity index (χ3v) is 4.45. The van der Waals surface area contributed by atoms with Crippen LogP contribution in [0.25, 0.3) is 11.5 Å². The Balaban J connectivity index is 1.56. The number of carbonyl (C=O) groups excluding carboxylic acids is 2. The van der Waals surface area contributed by atoms with Gasteiger partial charge in [-0.1, -0.05) is 6.92 Å². The summed E-state index contributed by atoms with van der Waals surface area (Å²) in [7, 11) is 0. The van der Waals surface area contributed by atoms with Crippen molar-refractivity contribution in [1.82, 2.24) is 15.1 Å². The summed E-state index contributed by atoms with van der Waals surface area (Å²) in [5.74, 6) is 0.190. The number of nitro groups is 1. The third-order valence-electron chi connectivity index (χ3n) is 4.45. The van der Waals surface area contributed by atoms with Crippen LogP contribution in [0.3, 0.4) is 0 Å². The predicted octanol–water partition coefficient (Wildman–Crippen LogP) is 3.06. The van der Waals surface area contributed by atoms with E-state index in [1.807, 2.05) is 11.8 Å². The molecule has 0 saturated carbocycles. The van der Waals surface area contributed by atoms with E-state index in [2.05, 4.69) is 20.8 Å². The van der Waals surface area contributed by atoms with Crippen molar-refractivity contribution in [2.75, 3.05) is 23.7 Å². The fourth-order valence-corrected chi connectivity index (χ4v) is 2.87. The Hall–Kier alpha value is -4.12. The predicted molar refractivity (Wildman–Crippen MR) is 117 cm³/mol. The summed E-state index contributed by atoms with van der Waals surface area (Å²) >= 11 is 0. The van der Waals surface area contributed by atoms with Crippen molar-refractivity contribution >= 4 is 28.9 Å². The summed E-state index contributed by atoms with van der Waals surface area (Å²) in [6, 6.07) is 12.6. The van der Waals surface area contributed by atoms with E-state index in [-0.39, 0.29) is 36.5 Å². The highest BCUT2D eigenvalue weighted by molar-refractivity contribution is 5.93. The van der Waals surface area contributed by atoms with Gasteiger partial charge >= 0.3 is 0 Å². The molecule has 2 N–H and O–H groups in total. The Morgan fingerprint density at radius 3 is 2.22 bits per heavy atom. The van der Waals surface area contributed by atoms with E-state index >= 15 is 0 Å². The average molecular weight is 438 g/mol. The number of hydrogen-bond acceptors (Lipinski definition) is 8. The maximum absolute atomic E-state index is 12.4. The molecule has 11 nitrogen and oxygen atoms in total. The molecule has 2 amide bonds. The zero-order valence-electron chi connectivity index (χ0n) is 17.6. The molecule has 2 aromatic carbocycles. The summed E-state index contributed by atoms with van der Waals surface area (Å²) in [6.07, 6.45) is 0. The van der Waals surface area contributed by atoms with Gasteiger partial charge in [0.15, 0.2) is 0 Å². The highest BCUT2D eigenvalue weighted by atomic mass is 16.6. The largest absolute Gasteiger partial charge is 0.419 e. The summed E-state index contributed by atoms with van der Waals surface area (Å²) in [6.45, 7) is 4.28. The van der Waals surface area contributed by atoms with Crippen LogP contribution < -0.4 is 10.6 Å². The van der Waals surface area contributed by atoms with E-state index in [9.17, 15) is 19.7 Å². The number of anilines is 2. The molecule has 0 bridgehead atoms. The molecular formula is C21H22N6O5. The minimum atomic E-state index is -0.482. The second-order valence-electron chi connectivity index (χ2n) is 6.91. The monoisotopic (exact) mass is 438 g/mol. The molecule has 11 heteroatoms. The van der Waals surface area contributed by atoms with Gasteiger partial charge in [0.2, 0.25) is 23.6 Å². The summed E-state index contributed by atoms with van der Waals surface area (Å²) in [5, 5.41) is 24.2. The lowest BCUT2D eigenvalue weighted by molar-refractivity contribution is -0.384. The maximum Gasteiger partial charge on any atom is 0.269 e. The van der Waals surface area contributed by atoms with Gasteiger partial charge in [0.1, 0.15) is 0 Å². The van der Waals surface area contributed by atoms with Gasteiger partial charge in [0.05, 0.1) is 18.0 Å². The number of hydrogen-bond donors (Lipinski definition) is 2. The molecule has 3 rings (SSSR count). The molecule has 0 aliphatic carbocycles. The third kappa shape index (κ3) is 6.19. The van der Waals surface area contributed by atoms with Crippen LogP contribution >= 0.6 is 0 Å². The van der Waals surface area contributed by atoms with E-state index in [1.54, 1.807) is 24.3 Å². The van der Waals surface area contributed by atoms with Gasteiger partial charge in [-0.2, -0.15) is 0 Å². The Morgan fingerprint density at radius 2 is 1.66 bits per heavy atom. The molecule has 1 aromatic heterocycles. The number of carbonyl (C=O) groups is 2. The van der Waals surface area contributed by atoms with Gasteiger partial charge in [-0.15, -0.1) is 10.2 Å². The molecule has 1 heterocycles. The van der Waals surface area contributed by atoms with Crippen molar-refractivity contribution in [2.45, 2.75) is 20.4 Å². The SMILES string of the molecule is CCN(CC(=O)Nc1ccc(NC(C)=O)cc1)Cc1nnc(-c2ccc([N+](=O)[O-])cc2)o1. The summed E-state index contributed by atoms with van der Waals surface area (Å²) in [4.78, 5) is 35.6. The Labute approximate surface area is 183 Å². The summed E-state index contributed by atoms with van der Waals surface area (Å²) < 4.78 is 5.65. The molecule has 0 atom stereocenters. The molecule has 32 heavy (non-hydrogen) atoms. The van der Waals surface area contributed by atoms with Gasteiger partial charge in [-0.05, 0) is 42.9 Å². The van der Waals surface area contributed by atoms with Crippen LogP contribution in [0, 0.1) is 10.1 Å². The van der Waals surface area contributed by atoms with Crippen molar-refractivity contribution in [3.05, 3.63) is 64.5 Å². The van der Waals surface area contributed by atoms with Gasteiger partial charge in [0.25, 0.3) is 5.69 Å². The van der Waals surface area contributed by atoms with Crippen molar-refractivity contribution in [2.24, 2.45) is 0 Å². The van der Waals surface area contributed by atoms with E-state index in [1.165, 1.54) is 31.2 Å². The Bertz CT molecular complexity index is 1090. The maximum atomic E-state index is 12.4. The molecule has 0 aliphatic heterocycles. The number of benzene rings is 2. The quantitative estimate of drug-likeness (QED) is 0.383. The first kappa shape index (κ1) is 22.6. The second kappa shape index (κ2) is 10.3. The fourth-order valence-electron chi connectivity index (χ4n) is 2.87. The number of likely N-dealkylation sites (N-methyl/N-ethyl adjacent to an activating group) is 1. The van der Waals surface area contributed by atoms with Gasteiger partial charge in [-0.3, -0.25) is 24.6 Å². The van der Waals surface area contributed by atoms with Crippen molar-refractivity contribution in [1.29, 1.82) is 0 Å². The number of rotatable bonds is 9. The molecule has 0 saturated heterocycles. The number of nitrogens with one attached hydrogen (secondary N) is 2. The fraction of sp³-hybridized carbons (Fsp3) is 0.238. The van der Waals surface area contributed by atoms with E-state index in [4.69, 9.17) is 4.42 Å². The molecule has 0 unspecified atom stereocenters. The first-order valence-electron chi connectivity index (χ1n) is 9.81. The van der Waals surface area contributed by atoms with Crippen LogP contribution in [0.1, 0.15) is 19.7 Å². The van der Waals surface area contributed by atoms with Crippen molar-refractivity contribution in [3.8, 4) is 11.5 Å². The standard InChI is InChI=1S/C21H22N6O5/c1-3-26(12-19(29)23-17-8-6-16(7-9-17)22-14(2)28)13-20-24-25-21(32-20)15-4-10-18(11-5-15)27(30)31/h4-11H,3,12-13H2,1-2H3,(H,22,28)(H,23,29). The zero-order valence-corrected chi connectivity index (χ0v) is 17.6. The van der Waals surface area contributed by atoms with E-state index in [0.717, 1.165) is 0 Å². The van der Waals surface area contributed by atoms with Crippen LogP contribution in [-0.4, -0.2) is 44.9 Å². The second-order valence-corrected chi connectivity index (χ2v) is 6.91. The molecule has 0 aliphatic rings. The van der Waals surface area contributed by atoms with E-state index < -0.39 is 4.92 Å². The highest BCUT2D eigenvalue weighted by Gasteiger charge is 2.16. The van der Waals surface area contributed by atoms with Crippen LogP contribution in [0.5, 0.6) is 0 Å². The molecule has 166 valence electrons. The molecule has 0 fully saturated rings. The lowest BCUT2D eigenvalue weighted by Crippen LogP contribution is -2.32. The minimum absolute atomic E-state index is 0.0265. The van der Waals surface area contributed by atoms with Crippen LogP contribution in [-0.2, 0) is 16.1 Å². The van der Waals surface area contributed by atoms with E-state index in [0.29, 0.717) is 29.4 Å². The number of aromatic nitrogens is 2. The lowest BCUT2D eigenvalue weighted by atomic mass is 10.2. The number of amides is 2. The minimum Gasteiger partial charge on any atom is -0.419 e. The molecule has 3 aromatic rings. The highest BCUT2D eigenvalue weighted by Crippen LogP contribution is 2.21. The van der Waals surface area contributed by atoms with Crippen LogP contribution in [0.4, 0.5) is 17.1 Å². The topological polar surface area (TPSA) is 144 Å². The lowest BCUT2D eigenvalue weighted by Gasteiger charge is -2.17. The number of nitro benzene ring substituents is 1. The van der Waals surface area contributed by atoms with Gasteiger partial charge in [0, 0.05) is 36.0 Å². The summed E-state index contributed by atoms with van der Waals surface area (Å²) in [5.41, 5.74) is 1.79. The smallest absolute Gasteiger partial charge is 0.269 e. The van der Waals surface area contributed by atoms with Crippen LogP contribution in [0.15, 0.2) is 52.9 Å². The zero-order chi connectivity index (χ0) is 23.1. The Kier molecular flexibility index (Phi) is 7.24. The first-order chi connectivity index (χ1) is 15.3. The van der Waals surface area contributed by atoms with Crippen molar-refractivity contribution < 1.29 is 18.9 Å². The number of nitrogens with zero attached hydrogens (tertiary/aromatic N) is 4. The molecule has 0 spiro atoms. The first-order valence-corrected chi connectivity index (χ1v) is 9.81.